The number of esters is 1. The molecule has 0 fully saturated rings. The number of thiazole rings is 1. The zero-order chi connectivity index (χ0) is 24.6. The number of hydrogen-bond acceptors (Lipinski definition) is 8. The van der Waals surface area contributed by atoms with Gasteiger partial charge in [-0.05, 0) is 30.7 Å². The molecule has 4 N–H and O–H groups in total. The molecule has 2 aromatic carbocycles. The number of hydrogen-bond donors (Lipinski definition) is 3. The molecule has 35 heavy (non-hydrogen) atoms. The number of benzene rings is 2. The molecule has 2 aromatic heterocycles. The Balaban J connectivity index is 1.45. The maximum atomic E-state index is 12.7. The monoisotopic (exact) mass is 488 g/mol. The van der Waals surface area contributed by atoms with Crippen LogP contribution in [-0.2, 0) is 4.74 Å². The van der Waals surface area contributed by atoms with Gasteiger partial charge in [0.15, 0.2) is 0 Å². The van der Waals surface area contributed by atoms with Crippen LogP contribution in [0.1, 0.15) is 30.1 Å². The van der Waals surface area contributed by atoms with E-state index in [4.69, 9.17) is 10.5 Å². The largest absolute Gasteiger partial charge is 0.462 e. The maximum absolute atomic E-state index is 12.7. The Labute approximate surface area is 206 Å². The highest BCUT2D eigenvalue weighted by Crippen LogP contribution is 2.31. The third-order valence-electron chi connectivity index (χ3n) is 5.02. The van der Waals surface area contributed by atoms with E-state index in [-0.39, 0.29) is 0 Å². The molecule has 0 bridgehead atoms. The lowest BCUT2D eigenvalue weighted by atomic mass is 10.1. The summed E-state index contributed by atoms with van der Waals surface area (Å²) in [5.74, 6) is -0.109. The number of carbonyl (C=O) groups excluding carboxylic acids is 2. The van der Waals surface area contributed by atoms with Gasteiger partial charge in [0.2, 0.25) is 0 Å². The van der Waals surface area contributed by atoms with Crippen LogP contribution in [0.15, 0.2) is 66.4 Å². The minimum absolute atomic E-state index is 0.298. The number of ether oxygens (including phenoxy) is 1. The number of aromatic nitrogens is 3. The molecule has 4 aromatic rings. The number of amides is 2. The van der Waals surface area contributed by atoms with Crippen LogP contribution in [0.25, 0.3) is 21.8 Å². The molecule has 0 atom stereocenters. The number of nitrogen functional groups attached to an aromatic ring is 1. The molecule has 0 aliphatic rings. The molecule has 2 amide bonds. The average Bonchev–Trinajstić information content (AvgIpc) is 3.35. The second kappa shape index (κ2) is 11.2. The van der Waals surface area contributed by atoms with Crippen molar-refractivity contribution in [3.8, 4) is 21.8 Å². The van der Waals surface area contributed by atoms with Gasteiger partial charge in [0, 0.05) is 22.8 Å². The van der Waals surface area contributed by atoms with Crippen molar-refractivity contribution < 1.29 is 14.3 Å². The molecule has 0 spiro atoms. The summed E-state index contributed by atoms with van der Waals surface area (Å²) in [5.41, 5.74) is 9.40. The summed E-state index contributed by atoms with van der Waals surface area (Å²) in [4.78, 5) is 37.7. The zero-order valence-corrected chi connectivity index (χ0v) is 19.8. The smallest absolute Gasteiger partial charge is 0.340 e. The molecule has 0 unspecified atom stereocenters. The molecule has 9 nitrogen and oxygen atoms in total. The number of urea groups is 1. The van der Waals surface area contributed by atoms with E-state index in [9.17, 15) is 9.59 Å². The van der Waals surface area contributed by atoms with Crippen molar-refractivity contribution in [2.45, 2.75) is 19.8 Å². The van der Waals surface area contributed by atoms with Gasteiger partial charge >= 0.3 is 12.0 Å². The highest BCUT2D eigenvalue weighted by Gasteiger charge is 2.15. The first-order valence-electron chi connectivity index (χ1n) is 11.0. The van der Waals surface area contributed by atoms with E-state index in [1.54, 1.807) is 36.5 Å². The summed E-state index contributed by atoms with van der Waals surface area (Å²) in [5, 5.41) is 8.14. The standard InChI is InChI=1S/C25H24N6O3S/c1-2-3-11-34-24(32)18-9-4-5-10-20(18)31-25(33)29-17-8-6-7-16(12-17)21-14-35-23(30-21)19-13-27-15-28-22(19)26/h4-10,12-15H,2-3,11H2,1H3,(H2,26,27,28)(H2,29,31,33). The summed E-state index contributed by atoms with van der Waals surface area (Å²) in [6, 6.07) is 13.6. The number of anilines is 3. The molecule has 0 radical (unpaired) electrons. The van der Waals surface area contributed by atoms with Crippen LogP contribution in [0.2, 0.25) is 0 Å². The van der Waals surface area contributed by atoms with E-state index in [2.05, 4.69) is 25.6 Å². The molecule has 0 saturated heterocycles. The zero-order valence-electron chi connectivity index (χ0n) is 19.0. The highest BCUT2D eigenvalue weighted by atomic mass is 32.1. The molecule has 0 aliphatic carbocycles. The summed E-state index contributed by atoms with van der Waals surface area (Å²) in [6.07, 6.45) is 4.72. The van der Waals surface area contributed by atoms with Crippen molar-refractivity contribution in [3.05, 3.63) is 72.0 Å². The fourth-order valence-electron chi connectivity index (χ4n) is 3.23. The van der Waals surface area contributed by atoms with Gasteiger partial charge < -0.3 is 21.1 Å². The Kier molecular flexibility index (Phi) is 7.63. The molecule has 0 saturated carbocycles. The van der Waals surface area contributed by atoms with Gasteiger partial charge in [0.1, 0.15) is 17.2 Å². The Morgan fingerprint density at radius 3 is 2.80 bits per heavy atom. The van der Waals surface area contributed by atoms with E-state index in [0.717, 1.165) is 24.1 Å². The molecule has 4 rings (SSSR count). The average molecular weight is 489 g/mol. The number of nitrogens with one attached hydrogen (secondary N) is 2. The van der Waals surface area contributed by atoms with Gasteiger partial charge in [0.05, 0.1) is 29.1 Å². The van der Waals surface area contributed by atoms with Crippen LogP contribution in [0.3, 0.4) is 0 Å². The second-order valence-corrected chi connectivity index (χ2v) is 8.41. The summed E-state index contributed by atoms with van der Waals surface area (Å²) >= 11 is 1.43. The van der Waals surface area contributed by atoms with E-state index < -0.39 is 12.0 Å². The molecule has 178 valence electrons. The van der Waals surface area contributed by atoms with Crippen LogP contribution < -0.4 is 16.4 Å². The number of carbonyl (C=O) groups is 2. The Bertz CT molecular complexity index is 1340. The van der Waals surface area contributed by atoms with Crippen molar-refractivity contribution in [2.24, 2.45) is 0 Å². The van der Waals surface area contributed by atoms with Crippen LogP contribution >= 0.6 is 11.3 Å². The number of para-hydroxylation sites is 1. The fourth-order valence-corrected chi connectivity index (χ4v) is 4.08. The lowest BCUT2D eigenvalue weighted by molar-refractivity contribution is 0.0501. The van der Waals surface area contributed by atoms with Gasteiger partial charge in [-0.25, -0.2) is 24.5 Å². The SMILES string of the molecule is CCCCOC(=O)c1ccccc1NC(=O)Nc1cccc(-c2csc(-c3cncnc3N)n2)c1. The first kappa shape index (κ1) is 23.8. The van der Waals surface area contributed by atoms with E-state index >= 15 is 0 Å². The van der Waals surface area contributed by atoms with Crippen LogP contribution in [0.4, 0.5) is 22.0 Å². The fraction of sp³-hybridized carbons (Fsp3) is 0.160. The quantitative estimate of drug-likeness (QED) is 0.222. The lowest BCUT2D eigenvalue weighted by Gasteiger charge is -2.12. The Hall–Kier alpha value is -4.31. The van der Waals surface area contributed by atoms with Gasteiger partial charge in [0.25, 0.3) is 0 Å². The molecule has 2 heterocycles. The summed E-state index contributed by atoms with van der Waals surface area (Å²) < 4.78 is 5.28. The predicted octanol–water partition coefficient (Wildman–Crippen LogP) is 5.45. The van der Waals surface area contributed by atoms with E-state index in [1.807, 2.05) is 30.5 Å². The lowest BCUT2D eigenvalue weighted by Crippen LogP contribution is -2.21. The molecular formula is C25H24N6O3S. The van der Waals surface area contributed by atoms with Crippen LogP contribution in [-0.4, -0.2) is 33.6 Å². The Morgan fingerprint density at radius 1 is 1.11 bits per heavy atom. The normalized spacial score (nSPS) is 10.5. The van der Waals surface area contributed by atoms with Crippen molar-refractivity contribution in [1.29, 1.82) is 0 Å². The first-order valence-corrected chi connectivity index (χ1v) is 11.9. The first-order chi connectivity index (χ1) is 17.0. The van der Waals surface area contributed by atoms with Crippen molar-refractivity contribution in [2.75, 3.05) is 23.0 Å². The number of nitrogens with zero attached hydrogens (tertiary/aromatic N) is 3. The van der Waals surface area contributed by atoms with Gasteiger partial charge in [-0.15, -0.1) is 11.3 Å². The number of nitrogens with two attached hydrogens (primary N) is 1. The number of unbranched alkanes of at least 4 members (excludes halogenated alkanes) is 1. The van der Waals surface area contributed by atoms with Crippen LogP contribution in [0.5, 0.6) is 0 Å². The summed E-state index contributed by atoms with van der Waals surface area (Å²) in [7, 11) is 0. The Morgan fingerprint density at radius 2 is 1.97 bits per heavy atom. The third kappa shape index (κ3) is 5.98. The minimum atomic E-state index is -0.482. The van der Waals surface area contributed by atoms with E-state index in [1.165, 1.54) is 17.7 Å². The van der Waals surface area contributed by atoms with Gasteiger partial charge in [-0.2, -0.15) is 0 Å². The number of rotatable bonds is 8. The maximum Gasteiger partial charge on any atom is 0.340 e. The van der Waals surface area contributed by atoms with Gasteiger partial charge in [-0.1, -0.05) is 37.6 Å². The topological polar surface area (TPSA) is 132 Å². The molecular weight excluding hydrogens is 464 g/mol. The van der Waals surface area contributed by atoms with Crippen LogP contribution in [0, 0.1) is 0 Å². The molecule has 10 heteroatoms. The predicted molar refractivity (Wildman–Crippen MR) is 137 cm³/mol. The van der Waals surface area contributed by atoms with Gasteiger partial charge in [-0.3, -0.25) is 0 Å². The molecule has 0 aliphatic heterocycles. The second-order valence-electron chi connectivity index (χ2n) is 7.55. The van der Waals surface area contributed by atoms with Crippen molar-refractivity contribution >= 4 is 40.5 Å². The highest BCUT2D eigenvalue weighted by molar-refractivity contribution is 7.13. The van der Waals surface area contributed by atoms with E-state index in [0.29, 0.717) is 39.9 Å². The van der Waals surface area contributed by atoms with Crippen molar-refractivity contribution in [3.63, 3.8) is 0 Å². The minimum Gasteiger partial charge on any atom is -0.462 e. The third-order valence-corrected chi connectivity index (χ3v) is 5.90. The van der Waals surface area contributed by atoms with Crippen molar-refractivity contribution in [1.82, 2.24) is 15.0 Å². The summed E-state index contributed by atoms with van der Waals surface area (Å²) in [6.45, 7) is 2.36.